The molecule has 2 nitrogen and oxygen atoms in total. The van der Waals surface area contributed by atoms with Crippen molar-refractivity contribution in [3.8, 4) is 0 Å². The number of hydrogen-bond acceptors (Lipinski definition) is 2. The monoisotopic (exact) mass is 235 g/mol. The third kappa shape index (κ3) is 4.53. The van der Waals surface area contributed by atoms with Crippen LogP contribution in [0.4, 0.5) is 0 Å². The van der Waals surface area contributed by atoms with Gasteiger partial charge in [-0.2, -0.15) is 0 Å². The third-order valence-electron chi connectivity index (χ3n) is 2.30. The fourth-order valence-corrected chi connectivity index (χ4v) is 1.56. The summed E-state index contributed by atoms with van der Waals surface area (Å²) >= 11 is 1.53. The van der Waals surface area contributed by atoms with Crippen molar-refractivity contribution in [2.45, 2.75) is 6.42 Å². The zero-order chi connectivity index (χ0) is 11.8. The number of thioether (sulfide) groups is 1. The van der Waals surface area contributed by atoms with E-state index < -0.39 is 0 Å². The summed E-state index contributed by atoms with van der Waals surface area (Å²) in [4.78, 5) is 13.3. The average Bonchev–Trinajstić information content (AvgIpc) is 2.34. The fourth-order valence-electron chi connectivity index (χ4n) is 1.31. The van der Waals surface area contributed by atoms with Crippen LogP contribution >= 0.6 is 11.8 Å². The van der Waals surface area contributed by atoms with Gasteiger partial charge in [0, 0.05) is 19.7 Å². The Bertz CT molecular complexity index is 348. The van der Waals surface area contributed by atoms with E-state index in [9.17, 15) is 4.79 Å². The second-order valence-electron chi connectivity index (χ2n) is 3.53. The molecular weight excluding hydrogens is 218 g/mol. The van der Waals surface area contributed by atoms with Crippen LogP contribution in [-0.4, -0.2) is 30.7 Å². The lowest BCUT2D eigenvalue weighted by molar-refractivity contribution is -0.124. The minimum Gasteiger partial charge on any atom is -0.342 e. The van der Waals surface area contributed by atoms with Gasteiger partial charge in [0.05, 0.1) is 0 Å². The number of carbonyl (C=O) groups excluding carboxylic acids is 1. The quantitative estimate of drug-likeness (QED) is 0.731. The van der Waals surface area contributed by atoms with E-state index in [2.05, 4.69) is 12.1 Å². The minimum atomic E-state index is 0.0604. The second kappa shape index (κ2) is 7.12. The highest BCUT2D eigenvalue weighted by Gasteiger charge is 2.03. The Kier molecular flexibility index (Phi) is 5.72. The lowest BCUT2D eigenvalue weighted by Crippen LogP contribution is -2.26. The molecule has 0 saturated carbocycles. The van der Waals surface area contributed by atoms with Crippen LogP contribution in [0.2, 0.25) is 0 Å². The Morgan fingerprint density at radius 3 is 2.69 bits per heavy atom. The Morgan fingerprint density at radius 1 is 1.38 bits per heavy atom. The minimum absolute atomic E-state index is 0.0604. The van der Waals surface area contributed by atoms with Crippen molar-refractivity contribution in [2.24, 2.45) is 0 Å². The van der Waals surface area contributed by atoms with E-state index in [4.69, 9.17) is 0 Å². The molecule has 1 aromatic carbocycles. The summed E-state index contributed by atoms with van der Waals surface area (Å²) in [6, 6.07) is 10.2. The maximum Gasteiger partial charge on any atom is 0.246 e. The highest BCUT2D eigenvalue weighted by molar-refractivity contribution is 8.01. The third-order valence-corrected chi connectivity index (χ3v) is 2.71. The van der Waals surface area contributed by atoms with Gasteiger partial charge in [0.15, 0.2) is 0 Å². The highest BCUT2D eigenvalue weighted by Crippen LogP contribution is 2.01. The van der Waals surface area contributed by atoms with E-state index >= 15 is 0 Å². The first-order valence-corrected chi connectivity index (χ1v) is 6.51. The summed E-state index contributed by atoms with van der Waals surface area (Å²) in [5, 5.41) is 1.81. The van der Waals surface area contributed by atoms with Crippen LogP contribution in [-0.2, 0) is 11.2 Å². The molecule has 1 aromatic rings. The molecule has 0 N–H and O–H groups in total. The van der Waals surface area contributed by atoms with Gasteiger partial charge in [-0.1, -0.05) is 30.3 Å². The predicted molar refractivity (Wildman–Crippen MR) is 70.4 cm³/mol. The smallest absolute Gasteiger partial charge is 0.246 e. The Balaban J connectivity index is 2.38. The van der Waals surface area contributed by atoms with Gasteiger partial charge in [-0.05, 0) is 23.6 Å². The summed E-state index contributed by atoms with van der Waals surface area (Å²) < 4.78 is 0. The van der Waals surface area contributed by atoms with E-state index in [0.29, 0.717) is 0 Å². The van der Waals surface area contributed by atoms with E-state index in [-0.39, 0.29) is 5.91 Å². The topological polar surface area (TPSA) is 20.3 Å². The zero-order valence-corrected chi connectivity index (χ0v) is 10.5. The van der Waals surface area contributed by atoms with Crippen molar-refractivity contribution in [3.63, 3.8) is 0 Å². The van der Waals surface area contributed by atoms with Crippen molar-refractivity contribution < 1.29 is 4.79 Å². The molecule has 0 aliphatic heterocycles. The van der Waals surface area contributed by atoms with Crippen molar-refractivity contribution in [1.82, 2.24) is 4.90 Å². The number of likely N-dealkylation sites (N-methyl/N-ethyl adjacent to an activating group) is 1. The summed E-state index contributed by atoms with van der Waals surface area (Å²) in [6.07, 6.45) is 4.44. The van der Waals surface area contributed by atoms with Gasteiger partial charge in [-0.25, -0.2) is 0 Å². The van der Waals surface area contributed by atoms with Crippen molar-refractivity contribution in [2.75, 3.05) is 19.8 Å². The lowest BCUT2D eigenvalue weighted by Gasteiger charge is -2.14. The van der Waals surface area contributed by atoms with Crippen molar-refractivity contribution in [3.05, 3.63) is 47.4 Å². The number of nitrogens with zero attached hydrogens (tertiary/aromatic N) is 1. The Hall–Kier alpha value is -1.22. The van der Waals surface area contributed by atoms with E-state index in [0.717, 1.165) is 13.0 Å². The van der Waals surface area contributed by atoms with Crippen LogP contribution in [0, 0.1) is 0 Å². The van der Waals surface area contributed by atoms with Crippen LogP contribution in [0.15, 0.2) is 41.8 Å². The average molecular weight is 235 g/mol. The molecule has 0 bridgehead atoms. The van der Waals surface area contributed by atoms with Crippen LogP contribution in [0.1, 0.15) is 5.56 Å². The van der Waals surface area contributed by atoms with Gasteiger partial charge in [0.25, 0.3) is 0 Å². The van der Waals surface area contributed by atoms with E-state index in [1.54, 1.807) is 16.4 Å². The first kappa shape index (κ1) is 12.8. The number of carbonyl (C=O) groups is 1. The normalized spacial score (nSPS) is 10.6. The standard InChI is InChI=1S/C13H17NOS/c1-14(13(15)9-11-16-2)10-8-12-6-4-3-5-7-12/h3-7,9,11H,8,10H2,1-2H3/b11-9+. The number of rotatable bonds is 5. The highest BCUT2D eigenvalue weighted by atomic mass is 32.2. The second-order valence-corrected chi connectivity index (χ2v) is 4.28. The van der Waals surface area contributed by atoms with Gasteiger partial charge in [-0.3, -0.25) is 4.79 Å². The molecular formula is C13H17NOS. The molecule has 3 heteroatoms. The molecule has 0 atom stereocenters. The number of hydrogen-bond donors (Lipinski definition) is 0. The molecule has 0 fully saturated rings. The molecule has 0 spiro atoms. The first-order valence-electron chi connectivity index (χ1n) is 5.22. The molecule has 0 aliphatic carbocycles. The first-order chi connectivity index (χ1) is 7.74. The molecule has 0 radical (unpaired) electrons. The molecule has 0 unspecified atom stereocenters. The Morgan fingerprint density at radius 2 is 2.06 bits per heavy atom. The molecule has 0 heterocycles. The maximum absolute atomic E-state index is 11.5. The summed E-state index contributed by atoms with van der Waals surface area (Å²) in [6.45, 7) is 0.752. The van der Waals surface area contributed by atoms with E-state index in [1.165, 1.54) is 17.3 Å². The van der Waals surface area contributed by atoms with Crippen LogP contribution in [0.3, 0.4) is 0 Å². The zero-order valence-electron chi connectivity index (χ0n) is 9.72. The van der Waals surface area contributed by atoms with Gasteiger partial charge in [0.1, 0.15) is 0 Å². The molecule has 86 valence electrons. The maximum atomic E-state index is 11.5. The fraction of sp³-hybridized carbons (Fsp3) is 0.308. The van der Waals surface area contributed by atoms with Gasteiger partial charge in [-0.15, -0.1) is 11.8 Å². The molecule has 0 saturated heterocycles. The summed E-state index contributed by atoms with van der Waals surface area (Å²) in [7, 11) is 1.83. The van der Waals surface area contributed by atoms with Crippen LogP contribution < -0.4 is 0 Å². The largest absolute Gasteiger partial charge is 0.342 e. The molecule has 16 heavy (non-hydrogen) atoms. The predicted octanol–water partition coefficient (Wildman–Crippen LogP) is 2.56. The molecule has 1 amide bonds. The van der Waals surface area contributed by atoms with Gasteiger partial charge >= 0.3 is 0 Å². The summed E-state index contributed by atoms with van der Waals surface area (Å²) in [5.74, 6) is 0.0604. The SMILES string of the molecule is CS/C=C/C(=O)N(C)CCc1ccccc1. The van der Waals surface area contributed by atoms with E-state index in [1.807, 2.05) is 31.5 Å². The summed E-state index contributed by atoms with van der Waals surface area (Å²) in [5.41, 5.74) is 1.26. The number of benzene rings is 1. The van der Waals surface area contributed by atoms with Crippen LogP contribution in [0.5, 0.6) is 0 Å². The van der Waals surface area contributed by atoms with Gasteiger partial charge < -0.3 is 4.90 Å². The van der Waals surface area contributed by atoms with Crippen LogP contribution in [0.25, 0.3) is 0 Å². The van der Waals surface area contributed by atoms with Crippen molar-refractivity contribution in [1.29, 1.82) is 0 Å². The molecule has 0 aliphatic rings. The molecule has 0 aromatic heterocycles. The molecule has 1 rings (SSSR count). The number of amides is 1. The Labute approximate surface area is 101 Å². The van der Waals surface area contributed by atoms with Gasteiger partial charge in [0.2, 0.25) is 5.91 Å². The lowest BCUT2D eigenvalue weighted by atomic mass is 10.1. The van der Waals surface area contributed by atoms with Crippen molar-refractivity contribution >= 4 is 17.7 Å².